The van der Waals surface area contributed by atoms with Crippen LogP contribution in [-0.4, -0.2) is 55.4 Å². The zero-order valence-corrected chi connectivity index (χ0v) is 23.6. The molecule has 2 aliphatic rings. The summed E-state index contributed by atoms with van der Waals surface area (Å²) < 4.78 is 12.3. The third-order valence-corrected chi connectivity index (χ3v) is 12.2. The molecular weight excluding hydrogens is 490 g/mol. The van der Waals surface area contributed by atoms with Crippen molar-refractivity contribution in [3.63, 3.8) is 0 Å². The lowest BCUT2D eigenvalue weighted by molar-refractivity contribution is 0.0548. The van der Waals surface area contributed by atoms with Crippen LogP contribution >= 0.6 is 12.2 Å². The standard InChI is InChI=1S/C27H35N3O4SSi/c1-17(30-24(31)19-11-7-8-12-20(19)25(30)32)22(16-34-36(5,6)27(2,3)4)29-26(35)28-21-13-9-10-18-14-15-33-23(18)21/h7-13,17,22H,14-16H2,1-6H3,(H2,28,29,35)/t17-,22+/m0/s1. The number of thiocarbonyl (C=S) groups is 1. The summed E-state index contributed by atoms with van der Waals surface area (Å²) in [7, 11) is -2.10. The number of nitrogens with zero attached hydrogens (tertiary/aromatic N) is 1. The molecule has 0 spiro atoms. The lowest BCUT2D eigenvalue weighted by Gasteiger charge is -2.39. The van der Waals surface area contributed by atoms with Crippen LogP contribution in [-0.2, 0) is 10.8 Å². The monoisotopic (exact) mass is 525 g/mol. The zero-order valence-electron chi connectivity index (χ0n) is 21.8. The van der Waals surface area contributed by atoms with Gasteiger partial charge in [0, 0.05) is 6.42 Å². The number of fused-ring (bicyclic) bond motifs is 2. The first-order valence-electron chi connectivity index (χ1n) is 12.3. The topological polar surface area (TPSA) is 79.9 Å². The van der Waals surface area contributed by atoms with Crippen LogP contribution in [0.3, 0.4) is 0 Å². The van der Waals surface area contributed by atoms with Crippen molar-refractivity contribution in [3.05, 3.63) is 59.2 Å². The first-order chi connectivity index (χ1) is 16.9. The van der Waals surface area contributed by atoms with Gasteiger partial charge in [-0.25, -0.2) is 0 Å². The van der Waals surface area contributed by atoms with Gasteiger partial charge in [-0.2, -0.15) is 0 Å². The fraction of sp³-hybridized carbons (Fsp3) is 0.444. The van der Waals surface area contributed by atoms with E-state index in [0.717, 1.165) is 23.4 Å². The molecule has 2 aliphatic heterocycles. The Morgan fingerprint density at radius 3 is 2.36 bits per heavy atom. The van der Waals surface area contributed by atoms with E-state index < -0.39 is 20.4 Å². The molecule has 0 fully saturated rings. The number of rotatable bonds is 7. The average Bonchev–Trinajstić information content (AvgIpc) is 3.39. The fourth-order valence-corrected chi connectivity index (χ4v) is 5.50. The molecule has 192 valence electrons. The van der Waals surface area contributed by atoms with E-state index in [1.54, 1.807) is 24.3 Å². The zero-order chi connectivity index (χ0) is 26.3. The summed E-state index contributed by atoms with van der Waals surface area (Å²) >= 11 is 5.68. The summed E-state index contributed by atoms with van der Waals surface area (Å²) in [6.07, 6.45) is 0.866. The molecule has 0 bridgehead atoms. The Morgan fingerprint density at radius 1 is 1.11 bits per heavy atom. The highest BCUT2D eigenvalue weighted by Crippen LogP contribution is 2.37. The van der Waals surface area contributed by atoms with Crippen molar-refractivity contribution in [1.82, 2.24) is 10.2 Å². The van der Waals surface area contributed by atoms with E-state index in [1.165, 1.54) is 4.90 Å². The van der Waals surface area contributed by atoms with Gasteiger partial charge in [-0.15, -0.1) is 0 Å². The number of carbonyl (C=O) groups excluding carboxylic acids is 2. The van der Waals surface area contributed by atoms with Crippen LogP contribution in [0.15, 0.2) is 42.5 Å². The number of hydrogen-bond acceptors (Lipinski definition) is 5. The Morgan fingerprint density at radius 2 is 1.75 bits per heavy atom. The maximum absolute atomic E-state index is 13.2. The highest BCUT2D eigenvalue weighted by molar-refractivity contribution is 7.80. The van der Waals surface area contributed by atoms with Crippen molar-refractivity contribution in [2.45, 2.75) is 64.3 Å². The molecule has 36 heavy (non-hydrogen) atoms. The molecule has 2 amide bonds. The number of hydrogen-bond donors (Lipinski definition) is 2. The van der Waals surface area contributed by atoms with E-state index in [-0.39, 0.29) is 16.9 Å². The number of benzene rings is 2. The second-order valence-electron chi connectivity index (χ2n) is 10.9. The highest BCUT2D eigenvalue weighted by atomic mass is 32.1. The smallest absolute Gasteiger partial charge is 0.261 e. The summed E-state index contributed by atoms with van der Waals surface area (Å²) in [5, 5.41) is 6.98. The maximum atomic E-state index is 13.2. The summed E-state index contributed by atoms with van der Waals surface area (Å²) in [6, 6.07) is 12.0. The Labute approximate surface area is 219 Å². The minimum absolute atomic E-state index is 0.0109. The number of ether oxygens (including phenoxy) is 1. The highest BCUT2D eigenvalue weighted by Gasteiger charge is 2.43. The van der Waals surface area contributed by atoms with E-state index in [9.17, 15) is 9.59 Å². The van der Waals surface area contributed by atoms with Crippen LogP contribution in [0.2, 0.25) is 18.1 Å². The van der Waals surface area contributed by atoms with E-state index in [1.807, 2.05) is 25.1 Å². The third kappa shape index (κ3) is 5.05. The lowest BCUT2D eigenvalue weighted by atomic mass is 10.1. The van der Waals surface area contributed by atoms with Gasteiger partial charge >= 0.3 is 0 Å². The SMILES string of the molecule is C[C@@H]([C@@H](CO[Si](C)(C)C(C)(C)C)NC(=S)Nc1cccc2c1OCC2)N1C(=O)c2ccccc2C1=O. The number of nitrogens with one attached hydrogen (secondary N) is 2. The van der Waals surface area contributed by atoms with Crippen molar-refractivity contribution >= 4 is 43.1 Å². The van der Waals surface area contributed by atoms with Gasteiger partial charge in [0.15, 0.2) is 13.4 Å². The Balaban J connectivity index is 1.56. The van der Waals surface area contributed by atoms with Gasteiger partial charge in [-0.1, -0.05) is 45.0 Å². The van der Waals surface area contributed by atoms with Crippen molar-refractivity contribution in [2.24, 2.45) is 0 Å². The van der Waals surface area contributed by atoms with Gasteiger partial charge in [0.2, 0.25) is 0 Å². The molecule has 2 aromatic carbocycles. The predicted octanol–water partition coefficient (Wildman–Crippen LogP) is 4.98. The number of anilines is 1. The van der Waals surface area contributed by atoms with E-state index >= 15 is 0 Å². The Hall–Kier alpha value is -2.75. The largest absolute Gasteiger partial charge is 0.491 e. The minimum Gasteiger partial charge on any atom is -0.491 e. The number of para-hydroxylation sites is 1. The predicted molar refractivity (Wildman–Crippen MR) is 148 cm³/mol. The molecule has 9 heteroatoms. The molecule has 4 rings (SSSR count). The van der Waals surface area contributed by atoms with Crippen molar-refractivity contribution in [3.8, 4) is 5.75 Å². The van der Waals surface area contributed by atoms with Gasteiger partial charge in [0.25, 0.3) is 11.8 Å². The van der Waals surface area contributed by atoms with E-state index in [0.29, 0.717) is 29.5 Å². The molecule has 7 nitrogen and oxygen atoms in total. The second-order valence-corrected chi connectivity index (χ2v) is 16.2. The quantitative estimate of drug-likeness (QED) is 0.300. The second kappa shape index (κ2) is 9.95. The van der Waals surface area contributed by atoms with Crippen molar-refractivity contribution < 1.29 is 18.8 Å². The van der Waals surface area contributed by atoms with Crippen LogP contribution < -0.4 is 15.4 Å². The van der Waals surface area contributed by atoms with Gasteiger partial charge in [0.1, 0.15) is 5.75 Å². The number of imide groups is 1. The minimum atomic E-state index is -2.10. The molecular formula is C27H35N3O4SSi. The maximum Gasteiger partial charge on any atom is 0.261 e. The van der Waals surface area contributed by atoms with Crippen LogP contribution in [0.4, 0.5) is 5.69 Å². The average molecular weight is 526 g/mol. The molecule has 2 aromatic rings. The molecule has 0 unspecified atom stereocenters. The van der Waals surface area contributed by atoms with Gasteiger partial charge in [-0.05, 0) is 61.0 Å². The van der Waals surface area contributed by atoms with E-state index in [2.05, 4.69) is 44.5 Å². The van der Waals surface area contributed by atoms with Crippen LogP contribution in [0.25, 0.3) is 0 Å². The lowest BCUT2D eigenvalue weighted by Crippen LogP contribution is -2.56. The molecule has 0 saturated carbocycles. The molecule has 0 aromatic heterocycles. The fourth-order valence-electron chi connectivity index (χ4n) is 4.21. The first-order valence-corrected chi connectivity index (χ1v) is 15.7. The van der Waals surface area contributed by atoms with E-state index in [4.69, 9.17) is 21.4 Å². The number of amides is 2. The molecule has 2 N–H and O–H groups in total. The van der Waals surface area contributed by atoms with Crippen molar-refractivity contribution in [2.75, 3.05) is 18.5 Å². The molecule has 0 radical (unpaired) electrons. The summed E-state index contributed by atoms with van der Waals surface area (Å²) in [5.41, 5.74) is 2.78. The first kappa shape index (κ1) is 26.3. The summed E-state index contributed by atoms with van der Waals surface area (Å²) in [6.45, 7) is 13.7. The molecule has 0 saturated heterocycles. The Bertz CT molecular complexity index is 1160. The van der Waals surface area contributed by atoms with Crippen LogP contribution in [0.5, 0.6) is 5.75 Å². The molecule has 2 atom stereocenters. The van der Waals surface area contributed by atoms with Gasteiger partial charge in [-0.3, -0.25) is 14.5 Å². The summed E-state index contributed by atoms with van der Waals surface area (Å²) in [5.74, 6) is 0.217. The third-order valence-electron chi connectivity index (χ3n) is 7.52. The molecule has 2 heterocycles. The molecule has 0 aliphatic carbocycles. The van der Waals surface area contributed by atoms with Gasteiger partial charge < -0.3 is 19.8 Å². The number of carbonyl (C=O) groups is 2. The van der Waals surface area contributed by atoms with Gasteiger partial charge in [0.05, 0.1) is 42.1 Å². The van der Waals surface area contributed by atoms with Crippen LogP contribution in [0.1, 0.15) is 54.0 Å². The summed E-state index contributed by atoms with van der Waals surface area (Å²) in [4.78, 5) is 27.7. The van der Waals surface area contributed by atoms with Crippen molar-refractivity contribution in [1.29, 1.82) is 0 Å². The normalized spacial score (nSPS) is 16.8. The van der Waals surface area contributed by atoms with Crippen LogP contribution in [0, 0.1) is 0 Å². The Kier molecular flexibility index (Phi) is 7.27.